The van der Waals surface area contributed by atoms with Crippen molar-refractivity contribution in [1.82, 2.24) is 9.97 Å². The summed E-state index contributed by atoms with van der Waals surface area (Å²) in [6.45, 7) is 0. The van der Waals surface area contributed by atoms with Crippen molar-refractivity contribution < 1.29 is 14.3 Å². The van der Waals surface area contributed by atoms with Gasteiger partial charge in [-0.25, -0.2) is 4.39 Å². The molecule has 32 heavy (non-hydrogen) atoms. The number of carboxylic acid groups (broad SMARTS) is 1. The van der Waals surface area contributed by atoms with Gasteiger partial charge in [0.25, 0.3) is 0 Å². The number of carboxylic acids is 1. The van der Waals surface area contributed by atoms with Gasteiger partial charge in [0.2, 0.25) is 0 Å². The summed E-state index contributed by atoms with van der Waals surface area (Å²) in [5, 5.41) is 10.2. The zero-order chi connectivity index (χ0) is 22.3. The van der Waals surface area contributed by atoms with Crippen LogP contribution in [0.2, 0.25) is 0 Å². The fourth-order valence-electron chi connectivity index (χ4n) is 4.75. The van der Waals surface area contributed by atoms with E-state index in [9.17, 15) is 14.3 Å². The summed E-state index contributed by atoms with van der Waals surface area (Å²) in [6.07, 6.45) is 12.7. The molecule has 4 nitrogen and oxygen atoms in total. The molecule has 2 aromatic heterocycles. The summed E-state index contributed by atoms with van der Waals surface area (Å²) >= 11 is 0. The standard InChI is InChI=1S/C27H31FN2O2/c28-23-13-11-21-15-22(18-29-26(21)17-23)20(16-27(31)32)8-3-1-2-4-9-24-14-12-19-7-5-6-10-25(19)30-24/h11-15,17-18,20H,1-10,16H2,(H,31,32). The number of unbranched alkanes of at least 4 members (excludes halogenated alkanes) is 3. The van der Waals surface area contributed by atoms with Gasteiger partial charge in [-0.1, -0.05) is 25.3 Å². The minimum absolute atomic E-state index is 0.0724. The molecule has 0 bridgehead atoms. The van der Waals surface area contributed by atoms with Gasteiger partial charge in [0.1, 0.15) is 5.82 Å². The van der Waals surface area contributed by atoms with Crippen LogP contribution in [0.25, 0.3) is 10.9 Å². The van der Waals surface area contributed by atoms with E-state index in [0.717, 1.165) is 55.9 Å². The van der Waals surface area contributed by atoms with Crippen LogP contribution in [0.1, 0.15) is 79.8 Å². The highest BCUT2D eigenvalue weighted by Gasteiger charge is 2.17. The maximum atomic E-state index is 13.4. The maximum Gasteiger partial charge on any atom is 0.303 e. The number of hydrogen-bond donors (Lipinski definition) is 1. The number of pyridine rings is 2. The molecule has 3 aromatic rings. The Morgan fingerprint density at radius 1 is 1.03 bits per heavy atom. The quantitative estimate of drug-likeness (QED) is 0.375. The number of aliphatic carboxylic acids is 1. The maximum absolute atomic E-state index is 13.4. The molecule has 0 saturated carbocycles. The van der Waals surface area contributed by atoms with E-state index in [0.29, 0.717) is 5.52 Å². The van der Waals surface area contributed by atoms with Gasteiger partial charge in [0.05, 0.1) is 11.9 Å². The van der Waals surface area contributed by atoms with E-state index in [4.69, 9.17) is 4.98 Å². The summed E-state index contributed by atoms with van der Waals surface area (Å²) < 4.78 is 13.4. The van der Waals surface area contributed by atoms with Gasteiger partial charge >= 0.3 is 5.97 Å². The van der Waals surface area contributed by atoms with Gasteiger partial charge in [-0.15, -0.1) is 0 Å². The Morgan fingerprint density at radius 3 is 2.75 bits per heavy atom. The minimum Gasteiger partial charge on any atom is -0.481 e. The molecule has 0 fully saturated rings. The van der Waals surface area contributed by atoms with E-state index >= 15 is 0 Å². The molecule has 1 aliphatic carbocycles. The lowest BCUT2D eigenvalue weighted by Gasteiger charge is -2.16. The van der Waals surface area contributed by atoms with Crippen molar-refractivity contribution in [2.75, 3.05) is 0 Å². The number of carbonyl (C=O) groups is 1. The molecule has 5 heteroatoms. The molecule has 0 radical (unpaired) electrons. The molecule has 1 aliphatic rings. The average Bonchev–Trinajstić information content (AvgIpc) is 2.79. The number of hydrogen-bond acceptors (Lipinski definition) is 3. The predicted molar refractivity (Wildman–Crippen MR) is 124 cm³/mol. The highest BCUT2D eigenvalue weighted by molar-refractivity contribution is 5.79. The summed E-state index contributed by atoms with van der Waals surface area (Å²) in [6, 6.07) is 10.9. The molecule has 168 valence electrons. The van der Waals surface area contributed by atoms with E-state index in [1.54, 1.807) is 12.3 Å². The lowest BCUT2D eigenvalue weighted by Crippen LogP contribution is -2.07. The lowest BCUT2D eigenvalue weighted by molar-refractivity contribution is -0.137. The molecule has 0 spiro atoms. The molecule has 1 N–H and O–H groups in total. The van der Waals surface area contributed by atoms with Gasteiger partial charge in [-0.05, 0) is 86.3 Å². The van der Waals surface area contributed by atoms with Crippen LogP contribution in [0.3, 0.4) is 0 Å². The van der Waals surface area contributed by atoms with Crippen molar-refractivity contribution in [3.05, 3.63) is 70.9 Å². The Hall–Kier alpha value is -2.82. The fraction of sp³-hybridized carbons (Fsp3) is 0.444. The number of nitrogens with zero attached hydrogens (tertiary/aromatic N) is 2. The molecule has 0 aliphatic heterocycles. The minimum atomic E-state index is -0.798. The molecule has 0 saturated heterocycles. The molecule has 1 unspecified atom stereocenters. The van der Waals surface area contributed by atoms with Crippen molar-refractivity contribution in [2.45, 2.75) is 76.5 Å². The fourth-order valence-corrected chi connectivity index (χ4v) is 4.75. The van der Waals surface area contributed by atoms with Gasteiger partial charge in [-0.3, -0.25) is 14.8 Å². The number of halogens is 1. The van der Waals surface area contributed by atoms with Crippen molar-refractivity contribution in [3.8, 4) is 0 Å². The first kappa shape index (κ1) is 22.4. The largest absolute Gasteiger partial charge is 0.481 e. The third-order valence-corrected chi connectivity index (χ3v) is 6.53. The van der Waals surface area contributed by atoms with Gasteiger partial charge < -0.3 is 5.11 Å². The molecular formula is C27H31FN2O2. The smallest absolute Gasteiger partial charge is 0.303 e. The van der Waals surface area contributed by atoms with Gasteiger partial charge in [0.15, 0.2) is 0 Å². The van der Waals surface area contributed by atoms with Crippen molar-refractivity contribution in [1.29, 1.82) is 0 Å². The summed E-state index contributed by atoms with van der Waals surface area (Å²) in [7, 11) is 0. The van der Waals surface area contributed by atoms with E-state index < -0.39 is 5.97 Å². The van der Waals surface area contributed by atoms with Crippen molar-refractivity contribution in [2.24, 2.45) is 0 Å². The highest BCUT2D eigenvalue weighted by atomic mass is 19.1. The first-order valence-electron chi connectivity index (χ1n) is 11.8. The van der Waals surface area contributed by atoms with E-state index in [-0.39, 0.29) is 18.2 Å². The average molecular weight is 435 g/mol. The van der Waals surface area contributed by atoms with E-state index in [1.807, 2.05) is 6.07 Å². The monoisotopic (exact) mass is 434 g/mol. The summed E-state index contributed by atoms with van der Waals surface area (Å²) in [5.74, 6) is -1.19. The van der Waals surface area contributed by atoms with Crippen LogP contribution in [0.5, 0.6) is 0 Å². The predicted octanol–water partition coefficient (Wildman–Crippen LogP) is 6.40. The van der Waals surface area contributed by atoms with Crippen LogP contribution in [-0.2, 0) is 24.1 Å². The molecule has 1 atom stereocenters. The second-order valence-electron chi connectivity index (χ2n) is 8.97. The van der Waals surface area contributed by atoms with Crippen LogP contribution in [-0.4, -0.2) is 21.0 Å². The summed E-state index contributed by atoms with van der Waals surface area (Å²) in [5.41, 5.74) is 5.45. The second kappa shape index (κ2) is 10.7. The number of aryl methyl sites for hydroxylation is 3. The third-order valence-electron chi connectivity index (χ3n) is 6.53. The van der Waals surface area contributed by atoms with Crippen molar-refractivity contribution in [3.63, 3.8) is 0 Å². The molecule has 1 aromatic carbocycles. The zero-order valence-electron chi connectivity index (χ0n) is 18.5. The number of benzene rings is 1. The summed E-state index contributed by atoms with van der Waals surface area (Å²) in [4.78, 5) is 20.6. The van der Waals surface area contributed by atoms with E-state index in [1.165, 1.54) is 48.3 Å². The van der Waals surface area contributed by atoms with Crippen LogP contribution >= 0.6 is 0 Å². The zero-order valence-corrected chi connectivity index (χ0v) is 18.5. The SMILES string of the molecule is O=C(O)CC(CCCCCCc1ccc2c(n1)CCCC2)c1cnc2cc(F)ccc2c1. The Morgan fingerprint density at radius 2 is 1.88 bits per heavy atom. The number of aromatic nitrogens is 2. The second-order valence-corrected chi connectivity index (χ2v) is 8.97. The number of rotatable bonds is 10. The molecular weight excluding hydrogens is 403 g/mol. The Balaban J connectivity index is 1.27. The first-order chi connectivity index (χ1) is 15.6. The van der Waals surface area contributed by atoms with Gasteiger partial charge in [0, 0.05) is 29.0 Å². The van der Waals surface area contributed by atoms with Crippen LogP contribution in [0.15, 0.2) is 42.6 Å². The first-order valence-corrected chi connectivity index (χ1v) is 11.8. The molecule has 2 heterocycles. The van der Waals surface area contributed by atoms with Crippen LogP contribution < -0.4 is 0 Å². The van der Waals surface area contributed by atoms with Crippen LogP contribution in [0.4, 0.5) is 4.39 Å². The van der Waals surface area contributed by atoms with Crippen LogP contribution in [0, 0.1) is 5.82 Å². The lowest BCUT2D eigenvalue weighted by atomic mass is 9.90. The van der Waals surface area contributed by atoms with Crippen molar-refractivity contribution >= 4 is 16.9 Å². The molecule has 0 amide bonds. The Kier molecular flexibility index (Phi) is 7.46. The highest BCUT2D eigenvalue weighted by Crippen LogP contribution is 2.28. The number of fused-ring (bicyclic) bond motifs is 2. The Labute approximate surface area is 188 Å². The topological polar surface area (TPSA) is 63.1 Å². The molecule has 4 rings (SSSR count). The normalized spacial score (nSPS) is 14.3. The van der Waals surface area contributed by atoms with Gasteiger partial charge in [-0.2, -0.15) is 0 Å². The third kappa shape index (κ3) is 5.90. The Bertz CT molecular complexity index is 1080. The van der Waals surface area contributed by atoms with E-state index in [2.05, 4.69) is 17.1 Å².